The zero-order valence-electron chi connectivity index (χ0n) is 22.6. The summed E-state index contributed by atoms with van der Waals surface area (Å²) in [5.74, 6) is -0.658. The van der Waals surface area contributed by atoms with Crippen molar-refractivity contribution in [3.8, 4) is 5.75 Å². The molecule has 4 rings (SSSR count). The van der Waals surface area contributed by atoms with Gasteiger partial charge in [-0.15, -0.1) is 13.2 Å². The summed E-state index contributed by atoms with van der Waals surface area (Å²) < 4.78 is 48.6. The van der Waals surface area contributed by atoms with Gasteiger partial charge in [-0.25, -0.2) is 9.78 Å². The number of hydrogen-bond acceptors (Lipinski definition) is 6. The van der Waals surface area contributed by atoms with E-state index in [1.165, 1.54) is 43.3 Å². The van der Waals surface area contributed by atoms with Gasteiger partial charge in [-0.2, -0.15) is 0 Å². The summed E-state index contributed by atoms with van der Waals surface area (Å²) in [6, 6.07) is 10.1. The van der Waals surface area contributed by atoms with Crippen LogP contribution in [0.5, 0.6) is 5.75 Å². The molecule has 0 radical (unpaired) electrons. The first-order valence-electron chi connectivity index (χ1n) is 12.8. The number of carbonyl (C=O) groups excluding carboxylic acids is 2. The molecule has 0 unspecified atom stereocenters. The number of aromatic nitrogens is 2. The number of methoxy groups -OCH3 is 1. The highest BCUT2D eigenvalue weighted by atomic mass is 19.4. The van der Waals surface area contributed by atoms with Gasteiger partial charge in [0.1, 0.15) is 11.8 Å². The highest BCUT2D eigenvalue weighted by Gasteiger charge is 2.33. The van der Waals surface area contributed by atoms with Gasteiger partial charge >= 0.3 is 12.3 Å². The summed E-state index contributed by atoms with van der Waals surface area (Å²) in [4.78, 5) is 31.2. The second-order valence-corrected chi connectivity index (χ2v) is 10.7. The van der Waals surface area contributed by atoms with E-state index in [0.29, 0.717) is 22.7 Å². The Balaban J connectivity index is 1.70. The van der Waals surface area contributed by atoms with Crippen LogP contribution >= 0.6 is 0 Å². The number of alkyl halides is 3. The molecule has 2 atom stereocenters. The molecule has 1 amide bonds. The number of carbonyl (C=O) groups is 2. The molecule has 210 valence electrons. The molecular formula is C28H33F3N4O4. The van der Waals surface area contributed by atoms with Gasteiger partial charge in [-0.3, -0.25) is 4.79 Å². The topological polar surface area (TPSA) is 85.7 Å². The Labute approximate surface area is 225 Å². The molecule has 1 saturated carbocycles. The van der Waals surface area contributed by atoms with Crippen molar-refractivity contribution >= 4 is 34.5 Å². The molecule has 0 aliphatic heterocycles. The summed E-state index contributed by atoms with van der Waals surface area (Å²) >= 11 is 0. The summed E-state index contributed by atoms with van der Waals surface area (Å²) in [7, 11) is 2.81. The number of likely N-dealkylation sites (N-methyl/N-ethyl adjacent to an activating group) is 1. The van der Waals surface area contributed by atoms with E-state index in [0.717, 1.165) is 31.2 Å². The van der Waals surface area contributed by atoms with Crippen molar-refractivity contribution in [2.75, 3.05) is 19.5 Å². The lowest BCUT2D eigenvalue weighted by Gasteiger charge is -2.36. The zero-order chi connectivity index (χ0) is 28.5. The average Bonchev–Trinajstić information content (AvgIpc) is 3.23. The fraction of sp³-hybridized carbons (Fsp3) is 0.464. The zero-order valence-corrected chi connectivity index (χ0v) is 22.6. The third-order valence-corrected chi connectivity index (χ3v) is 7.27. The molecule has 8 nitrogen and oxygen atoms in total. The van der Waals surface area contributed by atoms with Gasteiger partial charge in [0.15, 0.2) is 0 Å². The molecule has 1 heterocycles. The second kappa shape index (κ2) is 10.8. The van der Waals surface area contributed by atoms with Crippen molar-refractivity contribution in [3.05, 3.63) is 48.0 Å². The monoisotopic (exact) mass is 546 g/mol. The summed E-state index contributed by atoms with van der Waals surface area (Å²) in [5.41, 5.74) is 2.46. The van der Waals surface area contributed by atoms with E-state index in [4.69, 9.17) is 9.72 Å². The highest BCUT2D eigenvalue weighted by molar-refractivity contribution is 5.99. The number of fused-ring (bicyclic) bond motifs is 1. The van der Waals surface area contributed by atoms with Crippen molar-refractivity contribution in [1.82, 2.24) is 14.5 Å². The number of imidazole rings is 1. The van der Waals surface area contributed by atoms with Crippen molar-refractivity contribution in [2.45, 2.75) is 64.9 Å². The molecule has 1 aromatic heterocycles. The first-order valence-corrected chi connectivity index (χ1v) is 12.8. The van der Waals surface area contributed by atoms with Gasteiger partial charge in [0.25, 0.3) is 5.91 Å². The molecule has 0 spiro atoms. The molecule has 0 bridgehead atoms. The number of halogens is 3. The third-order valence-electron chi connectivity index (χ3n) is 7.27. The van der Waals surface area contributed by atoms with E-state index >= 15 is 0 Å². The predicted molar refractivity (Wildman–Crippen MR) is 141 cm³/mol. The minimum Gasteiger partial charge on any atom is -0.467 e. The number of benzene rings is 2. The third kappa shape index (κ3) is 6.46. The van der Waals surface area contributed by atoms with Crippen LogP contribution in [0.3, 0.4) is 0 Å². The molecular weight excluding hydrogens is 513 g/mol. The normalized spacial score (nSPS) is 17.9. The largest absolute Gasteiger partial charge is 0.573 e. The van der Waals surface area contributed by atoms with E-state index in [-0.39, 0.29) is 23.1 Å². The quantitative estimate of drug-likeness (QED) is 0.343. The van der Waals surface area contributed by atoms with Crippen LogP contribution < -0.4 is 10.1 Å². The number of hydrogen-bond donors (Lipinski definition) is 1. The van der Waals surface area contributed by atoms with Crippen LogP contribution in [0, 0.1) is 5.41 Å². The van der Waals surface area contributed by atoms with E-state index < -0.39 is 18.4 Å². The Bertz CT molecular complexity index is 1350. The Morgan fingerprint density at radius 2 is 1.87 bits per heavy atom. The number of nitrogens with zero attached hydrogens (tertiary/aromatic N) is 3. The van der Waals surface area contributed by atoms with Crippen molar-refractivity contribution in [3.63, 3.8) is 0 Å². The van der Waals surface area contributed by atoms with Crippen LogP contribution in [0.2, 0.25) is 0 Å². The first-order chi connectivity index (χ1) is 18.3. The average molecular weight is 547 g/mol. The standard InChI is InChI=1S/C28H33F3N4O4/c1-17(25(37)38-5)34(4)24(36)18-8-13-23-22(15-18)33-26(35(23)20-7-6-14-27(2,3)16-20)32-19-9-11-21(12-10-19)39-28(29,30)31/h8-13,15,17,20H,6-7,14,16H2,1-5H3,(H,32,33)/t17-,20-/m0/s1. The second-order valence-electron chi connectivity index (χ2n) is 10.7. The van der Waals surface area contributed by atoms with E-state index in [2.05, 4.69) is 28.5 Å². The lowest BCUT2D eigenvalue weighted by molar-refractivity contribution is -0.274. The molecule has 1 fully saturated rings. The van der Waals surface area contributed by atoms with Crippen molar-refractivity contribution < 1.29 is 32.2 Å². The summed E-state index contributed by atoms with van der Waals surface area (Å²) in [6.45, 7) is 6.06. The Morgan fingerprint density at radius 1 is 1.18 bits per heavy atom. The van der Waals surface area contributed by atoms with Crippen molar-refractivity contribution in [1.29, 1.82) is 0 Å². The maximum Gasteiger partial charge on any atom is 0.573 e. The molecule has 39 heavy (non-hydrogen) atoms. The lowest BCUT2D eigenvalue weighted by atomic mass is 9.75. The Morgan fingerprint density at radius 3 is 2.49 bits per heavy atom. The van der Waals surface area contributed by atoms with Gasteiger partial charge in [-0.1, -0.05) is 20.3 Å². The fourth-order valence-electron chi connectivity index (χ4n) is 5.15. The minimum atomic E-state index is -4.77. The van der Waals surface area contributed by atoms with Gasteiger partial charge in [0.05, 0.1) is 18.1 Å². The number of nitrogens with one attached hydrogen (secondary N) is 1. The number of anilines is 2. The van der Waals surface area contributed by atoms with Crippen LogP contribution in [0.25, 0.3) is 11.0 Å². The Hall–Kier alpha value is -3.76. The SMILES string of the molecule is COC(=O)[C@H](C)N(C)C(=O)c1ccc2c(c1)nc(Nc1ccc(OC(F)(F)F)cc1)n2[C@H]1CCCC(C)(C)C1. The van der Waals surface area contributed by atoms with Gasteiger partial charge in [0.2, 0.25) is 5.95 Å². The number of rotatable bonds is 7. The van der Waals surface area contributed by atoms with E-state index in [9.17, 15) is 22.8 Å². The van der Waals surface area contributed by atoms with Gasteiger partial charge in [-0.05, 0) is 74.1 Å². The minimum absolute atomic E-state index is 0.135. The van der Waals surface area contributed by atoms with Crippen LogP contribution in [-0.2, 0) is 9.53 Å². The van der Waals surface area contributed by atoms with Gasteiger partial charge in [0, 0.05) is 24.3 Å². The first kappa shape index (κ1) is 28.3. The van der Waals surface area contributed by atoms with Crippen LogP contribution in [-0.4, -0.2) is 52.9 Å². The van der Waals surface area contributed by atoms with Gasteiger partial charge < -0.3 is 24.3 Å². The number of esters is 1. The maximum absolute atomic E-state index is 13.1. The Kier molecular flexibility index (Phi) is 7.81. The number of amides is 1. The highest BCUT2D eigenvalue weighted by Crippen LogP contribution is 2.43. The predicted octanol–water partition coefficient (Wildman–Crippen LogP) is 6.45. The van der Waals surface area contributed by atoms with Crippen molar-refractivity contribution in [2.24, 2.45) is 5.41 Å². The molecule has 0 saturated heterocycles. The number of ether oxygens (including phenoxy) is 2. The fourth-order valence-corrected chi connectivity index (χ4v) is 5.15. The molecule has 11 heteroatoms. The summed E-state index contributed by atoms with van der Waals surface area (Å²) in [6.07, 6.45) is -0.738. The lowest BCUT2D eigenvalue weighted by Crippen LogP contribution is -2.40. The van der Waals surface area contributed by atoms with Crippen LogP contribution in [0.15, 0.2) is 42.5 Å². The maximum atomic E-state index is 13.1. The molecule has 3 aromatic rings. The smallest absolute Gasteiger partial charge is 0.467 e. The molecule has 1 aliphatic rings. The molecule has 1 N–H and O–H groups in total. The van der Waals surface area contributed by atoms with E-state index in [1.54, 1.807) is 19.1 Å². The summed E-state index contributed by atoms with van der Waals surface area (Å²) in [5, 5.41) is 3.25. The van der Waals surface area contributed by atoms with Crippen LogP contribution in [0.4, 0.5) is 24.8 Å². The van der Waals surface area contributed by atoms with E-state index in [1.807, 2.05) is 6.07 Å². The molecule has 2 aromatic carbocycles. The molecule has 1 aliphatic carbocycles. The van der Waals surface area contributed by atoms with Crippen LogP contribution in [0.1, 0.15) is 62.9 Å².